The van der Waals surface area contributed by atoms with Crippen molar-refractivity contribution < 1.29 is 6.22 Å². The number of amides is 1. The molecule has 194 valence electrons. The van der Waals surface area contributed by atoms with Crippen molar-refractivity contribution in [3.8, 4) is 11.1 Å². The highest BCUT2D eigenvalue weighted by Crippen LogP contribution is 2.52. The third-order valence-corrected chi connectivity index (χ3v) is 7.72. The van der Waals surface area contributed by atoms with E-state index in [1.54, 1.807) is 23.1 Å². The standard InChI is InChI=1S/C28H30N6O.C2H6.H2/c1-19-14-28(15-19)6-9-34(10-7-28)26-13-21(5-8-29-26)27(35)32-25-12-23-11-20(3-4-22(23)16-30-25)24-17-31-33(2)18-24;1-2;/h3-5,8,11-13,16-19H,6-7,9-10,14-15H2,1-2H3,(H,30,32,35);1-2H3;1H. The summed E-state index contributed by atoms with van der Waals surface area (Å²) in [5.41, 5.74) is 3.28. The number of hydrogen-bond acceptors (Lipinski definition) is 5. The minimum atomic E-state index is -0.176. The first-order valence-corrected chi connectivity index (χ1v) is 13.4. The van der Waals surface area contributed by atoms with E-state index in [4.69, 9.17) is 0 Å². The molecule has 0 atom stereocenters. The number of fused-ring (bicyclic) bond motifs is 1. The molecule has 0 bridgehead atoms. The number of pyridine rings is 2. The topological polar surface area (TPSA) is 75.9 Å². The molecule has 1 amide bonds. The number of hydrogen-bond donors (Lipinski definition) is 1. The zero-order valence-corrected chi connectivity index (χ0v) is 22.2. The van der Waals surface area contributed by atoms with Crippen LogP contribution < -0.4 is 10.2 Å². The Morgan fingerprint density at radius 3 is 2.49 bits per heavy atom. The lowest BCUT2D eigenvalue weighted by Crippen LogP contribution is -2.46. The quantitative estimate of drug-likeness (QED) is 0.344. The summed E-state index contributed by atoms with van der Waals surface area (Å²) < 4.78 is 1.79. The van der Waals surface area contributed by atoms with Crippen LogP contribution in [0.15, 0.2) is 61.2 Å². The van der Waals surface area contributed by atoms with E-state index in [9.17, 15) is 4.79 Å². The van der Waals surface area contributed by atoms with Gasteiger partial charge in [0.2, 0.25) is 0 Å². The zero-order valence-electron chi connectivity index (χ0n) is 22.2. The SMILES string of the molecule is CC.CC1CC2(CCN(c3cc(C(=O)Nc4cc5cc(-c6cnn(C)c6)ccc5cn4)ccn3)CC2)C1.[HH]. The first-order chi connectivity index (χ1) is 18.0. The average Bonchev–Trinajstić information content (AvgIpc) is 3.35. The van der Waals surface area contributed by atoms with Crippen LogP contribution in [0.3, 0.4) is 0 Å². The highest BCUT2D eigenvalue weighted by molar-refractivity contribution is 6.05. The minimum Gasteiger partial charge on any atom is -0.357 e. The second-order valence-corrected chi connectivity index (χ2v) is 10.4. The smallest absolute Gasteiger partial charge is 0.257 e. The Morgan fingerprint density at radius 1 is 1.00 bits per heavy atom. The van der Waals surface area contributed by atoms with Crippen LogP contribution in [-0.2, 0) is 7.05 Å². The lowest BCUT2D eigenvalue weighted by Gasteiger charge is -2.51. The summed E-state index contributed by atoms with van der Waals surface area (Å²) in [6.45, 7) is 8.37. The summed E-state index contributed by atoms with van der Waals surface area (Å²) in [7, 11) is 1.91. The molecular weight excluding hydrogens is 460 g/mol. The molecule has 0 unspecified atom stereocenters. The van der Waals surface area contributed by atoms with Gasteiger partial charge in [0.1, 0.15) is 11.6 Å². The van der Waals surface area contributed by atoms with Crippen molar-refractivity contribution in [3.05, 3.63) is 66.7 Å². The molecule has 1 saturated carbocycles. The van der Waals surface area contributed by atoms with Gasteiger partial charge in [-0.15, -0.1) is 0 Å². The number of aryl methyl sites for hydroxylation is 1. The molecular formula is C30H38N6O. The van der Waals surface area contributed by atoms with Crippen LogP contribution in [0.4, 0.5) is 11.6 Å². The maximum Gasteiger partial charge on any atom is 0.257 e. The number of piperidine rings is 1. The Labute approximate surface area is 220 Å². The molecule has 1 spiro atoms. The largest absolute Gasteiger partial charge is 0.357 e. The second-order valence-electron chi connectivity index (χ2n) is 10.4. The van der Waals surface area contributed by atoms with Gasteiger partial charge in [-0.2, -0.15) is 5.10 Å². The molecule has 2 fully saturated rings. The number of anilines is 2. The molecule has 1 aliphatic heterocycles. The summed E-state index contributed by atoms with van der Waals surface area (Å²) >= 11 is 0. The van der Waals surface area contributed by atoms with Gasteiger partial charge in [-0.3, -0.25) is 9.48 Å². The fourth-order valence-corrected chi connectivity index (χ4v) is 5.92. The van der Waals surface area contributed by atoms with Crippen molar-refractivity contribution >= 4 is 28.3 Å². The minimum absolute atomic E-state index is 0. The molecule has 7 nitrogen and oxygen atoms in total. The van der Waals surface area contributed by atoms with Crippen molar-refractivity contribution in [3.63, 3.8) is 0 Å². The number of carbonyl (C=O) groups is 1. The molecule has 1 aromatic carbocycles. The van der Waals surface area contributed by atoms with E-state index in [1.807, 2.05) is 51.5 Å². The second kappa shape index (κ2) is 10.3. The monoisotopic (exact) mass is 498 g/mol. The van der Waals surface area contributed by atoms with E-state index in [-0.39, 0.29) is 7.33 Å². The average molecular weight is 499 g/mol. The van der Waals surface area contributed by atoms with E-state index in [2.05, 4.69) is 44.3 Å². The number of rotatable bonds is 4. The molecule has 3 aromatic heterocycles. The Balaban J connectivity index is 0.00000110. The van der Waals surface area contributed by atoms with Gasteiger partial charge in [-0.05, 0) is 72.2 Å². The maximum atomic E-state index is 13.1. The fourth-order valence-electron chi connectivity index (χ4n) is 5.92. The molecule has 4 heterocycles. The van der Waals surface area contributed by atoms with E-state index in [0.717, 1.165) is 46.7 Å². The molecule has 1 N–H and O–H groups in total. The molecule has 6 rings (SSSR count). The molecule has 4 aromatic rings. The van der Waals surface area contributed by atoms with Gasteiger partial charge in [0, 0.05) is 56.7 Å². The summed E-state index contributed by atoms with van der Waals surface area (Å²) in [5.74, 6) is 2.11. The van der Waals surface area contributed by atoms with E-state index < -0.39 is 0 Å². The summed E-state index contributed by atoms with van der Waals surface area (Å²) in [6, 6.07) is 11.8. The fraction of sp³-hybridized carbons (Fsp3) is 0.400. The van der Waals surface area contributed by atoms with Crippen molar-refractivity contribution in [1.82, 2.24) is 19.7 Å². The summed E-state index contributed by atoms with van der Waals surface area (Å²) in [5, 5.41) is 9.26. The number of nitrogens with zero attached hydrogens (tertiary/aromatic N) is 5. The Hall–Kier alpha value is -3.74. The van der Waals surface area contributed by atoms with Crippen LogP contribution in [0.25, 0.3) is 21.9 Å². The normalized spacial score (nSPS) is 16.7. The van der Waals surface area contributed by atoms with Gasteiger partial charge >= 0.3 is 0 Å². The van der Waals surface area contributed by atoms with Crippen LogP contribution in [0.2, 0.25) is 0 Å². The third kappa shape index (κ3) is 5.22. The maximum absolute atomic E-state index is 13.1. The van der Waals surface area contributed by atoms with Crippen molar-refractivity contribution in [2.24, 2.45) is 18.4 Å². The van der Waals surface area contributed by atoms with Crippen LogP contribution in [0.1, 0.15) is 58.2 Å². The Morgan fingerprint density at radius 2 is 1.78 bits per heavy atom. The molecule has 2 aliphatic rings. The van der Waals surface area contributed by atoms with Crippen LogP contribution in [0.5, 0.6) is 0 Å². The van der Waals surface area contributed by atoms with Gasteiger partial charge in [-0.25, -0.2) is 9.97 Å². The predicted molar refractivity (Wildman–Crippen MR) is 152 cm³/mol. The zero-order chi connectivity index (χ0) is 26.0. The predicted octanol–water partition coefficient (Wildman–Crippen LogP) is 6.57. The van der Waals surface area contributed by atoms with Crippen molar-refractivity contribution in [2.45, 2.75) is 46.5 Å². The Kier molecular flexibility index (Phi) is 6.96. The van der Waals surface area contributed by atoms with E-state index in [1.165, 1.54) is 25.7 Å². The lowest BCUT2D eigenvalue weighted by molar-refractivity contribution is 0.0380. The molecule has 1 aliphatic carbocycles. The van der Waals surface area contributed by atoms with Crippen LogP contribution in [-0.4, -0.2) is 38.7 Å². The van der Waals surface area contributed by atoms with Gasteiger partial charge in [0.25, 0.3) is 5.91 Å². The van der Waals surface area contributed by atoms with Crippen LogP contribution >= 0.6 is 0 Å². The highest BCUT2D eigenvalue weighted by Gasteiger charge is 2.43. The summed E-state index contributed by atoms with van der Waals surface area (Å²) in [6.07, 6.45) is 12.5. The number of benzene rings is 1. The number of nitrogens with one attached hydrogen (secondary N) is 1. The van der Waals surface area contributed by atoms with Gasteiger partial charge in [0.15, 0.2) is 0 Å². The Bertz CT molecular complexity index is 1400. The van der Waals surface area contributed by atoms with E-state index in [0.29, 0.717) is 16.8 Å². The van der Waals surface area contributed by atoms with Crippen molar-refractivity contribution in [2.75, 3.05) is 23.3 Å². The molecule has 37 heavy (non-hydrogen) atoms. The number of carbonyl (C=O) groups excluding carboxylic acids is 1. The van der Waals surface area contributed by atoms with Gasteiger partial charge < -0.3 is 10.2 Å². The first-order valence-electron chi connectivity index (χ1n) is 13.4. The molecule has 1 saturated heterocycles. The molecule has 7 heteroatoms. The van der Waals surface area contributed by atoms with E-state index >= 15 is 0 Å². The van der Waals surface area contributed by atoms with Crippen LogP contribution in [0, 0.1) is 11.3 Å². The first kappa shape index (κ1) is 24.9. The van der Waals surface area contributed by atoms with Gasteiger partial charge in [0.05, 0.1) is 6.20 Å². The molecule has 0 radical (unpaired) electrons. The van der Waals surface area contributed by atoms with Crippen molar-refractivity contribution in [1.29, 1.82) is 0 Å². The summed E-state index contributed by atoms with van der Waals surface area (Å²) in [4.78, 5) is 24.4. The number of aromatic nitrogens is 4. The lowest BCUT2D eigenvalue weighted by atomic mass is 9.58. The van der Waals surface area contributed by atoms with Gasteiger partial charge in [-0.1, -0.05) is 32.9 Å². The third-order valence-electron chi connectivity index (χ3n) is 7.72. The highest BCUT2D eigenvalue weighted by atomic mass is 16.1.